The van der Waals surface area contributed by atoms with Crippen molar-refractivity contribution >= 4 is 34.0 Å². The number of hydrogen-bond acceptors (Lipinski definition) is 2. The summed E-state index contributed by atoms with van der Waals surface area (Å²) in [6.07, 6.45) is 2.71. The van der Waals surface area contributed by atoms with E-state index in [0.29, 0.717) is 6.04 Å². The number of nitrogens with one attached hydrogen (secondary N) is 1. The van der Waals surface area contributed by atoms with Gasteiger partial charge in [-0.25, -0.2) is 0 Å². The fourth-order valence-electron chi connectivity index (χ4n) is 2.97. The topological polar surface area (TPSA) is 15.3 Å². The highest BCUT2D eigenvalue weighted by Crippen LogP contribution is 2.37. The Kier molecular flexibility index (Phi) is 2.73. The van der Waals surface area contributed by atoms with E-state index in [-0.39, 0.29) is 0 Å². The maximum Gasteiger partial charge on any atom is 0.0606 e. The second kappa shape index (κ2) is 4.09. The smallest absolute Gasteiger partial charge is 0.0606 e. The van der Waals surface area contributed by atoms with E-state index in [2.05, 4.69) is 57.9 Å². The molecule has 3 rings (SSSR count). The van der Waals surface area contributed by atoms with Crippen LogP contribution in [0.5, 0.6) is 0 Å². The van der Waals surface area contributed by atoms with Gasteiger partial charge in [0.15, 0.2) is 0 Å². The third kappa shape index (κ3) is 1.69. The second-order valence-electron chi connectivity index (χ2n) is 4.92. The standard InChI is InChI=1S/C13H17IN2/c1-9-3-2-6-16-12-5-4-10(14)7-11(12)15-8-13(9)16/h4-5,7,9,13,15H,2-3,6,8H2,1H3. The molecule has 86 valence electrons. The van der Waals surface area contributed by atoms with Gasteiger partial charge in [0.2, 0.25) is 0 Å². The summed E-state index contributed by atoms with van der Waals surface area (Å²) in [4.78, 5) is 2.61. The minimum absolute atomic E-state index is 0.696. The van der Waals surface area contributed by atoms with Gasteiger partial charge < -0.3 is 10.2 Å². The van der Waals surface area contributed by atoms with E-state index in [1.807, 2.05) is 0 Å². The van der Waals surface area contributed by atoms with Crippen molar-refractivity contribution in [3.05, 3.63) is 21.8 Å². The third-order valence-electron chi connectivity index (χ3n) is 3.89. The normalized spacial score (nSPS) is 28.0. The molecule has 1 saturated heterocycles. The summed E-state index contributed by atoms with van der Waals surface area (Å²) in [5.74, 6) is 0.814. The first-order valence-electron chi connectivity index (χ1n) is 6.06. The van der Waals surface area contributed by atoms with E-state index in [0.717, 1.165) is 12.5 Å². The Morgan fingerprint density at radius 2 is 2.31 bits per heavy atom. The maximum absolute atomic E-state index is 3.59. The zero-order valence-electron chi connectivity index (χ0n) is 9.54. The highest BCUT2D eigenvalue weighted by molar-refractivity contribution is 14.1. The van der Waals surface area contributed by atoms with Gasteiger partial charge in [0.1, 0.15) is 0 Å². The summed E-state index contributed by atoms with van der Waals surface area (Å²) in [5.41, 5.74) is 2.72. The summed E-state index contributed by atoms with van der Waals surface area (Å²) in [6, 6.07) is 7.43. The Morgan fingerprint density at radius 1 is 1.44 bits per heavy atom. The minimum atomic E-state index is 0.696. The van der Waals surface area contributed by atoms with Crippen molar-refractivity contribution in [3.63, 3.8) is 0 Å². The van der Waals surface area contributed by atoms with E-state index in [1.165, 1.54) is 34.3 Å². The van der Waals surface area contributed by atoms with Gasteiger partial charge in [0.05, 0.1) is 11.4 Å². The van der Waals surface area contributed by atoms with Gasteiger partial charge in [-0.1, -0.05) is 6.92 Å². The number of rotatable bonds is 0. The molecule has 1 fully saturated rings. The average Bonchev–Trinajstić information content (AvgIpc) is 2.28. The van der Waals surface area contributed by atoms with Gasteiger partial charge in [0.25, 0.3) is 0 Å². The largest absolute Gasteiger partial charge is 0.381 e. The van der Waals surface area contributed by atoms with Crippen LogP contribution in [-0.2, 0) is 0 Å². The SMILES string of the molecule is CC1CCCN2c3ccc(I)cc3NCC12. The predicted octanol–water partition coefficient (Wildman–Crippen LogP) is 3.32. The number of hydrogen-bond donors (Lipinski definition) is 1. The maximum atomic E-state index is 3.59. The molecule has 16 heavy (non-hydrogen) atoms. The van der Waals surface area contributed by atoms with E-state index in [4.69, 9.17) is 0 Å². The van der Waals surface area contributed by atoms with Crippen LogP contribution in [0.3, 0.4) is 0 Å². The molecule has 0 amide bonds. The second-order valence-corrected chi connectivity index (χ2v) is 6.17. The first kappa shape index (κ1) is 10.7. The van der Waals surface area contributed by atoms with Crippen LogP contribution in [0.2, 0.25) is 0 Å². The molecule has 0 saturated carbocycles. The Labute approximate surface area is 111 Å². The first-order valence-corrected chi connectivity index (χ1v) is 7.13. The van der Waals surface area contributed by atoms with Crippen LogP contribution < -0.4 is 10.2 Å². The lowest BCUT2D eigenvalue weighted by Crippen LogP contribution is -2.51. The van der Waals surface area contributed by atoms with Crippen molar-refractivity contribution in [2.24, 2.45) is 5.92 Å². The van der Waals surface area contributed by atoms with Gasteiger partial charge in [-0.3, -0.25) is 0 Å². The fourth-order valence-corrected chi connectivity index (χ4v) is 3.47. The summed E-state index contributed by atoms with van der Waals surface area (Å²) in [5, 5.41) is 3.59. The molecule has 2 atom stereocenters. The van der Waals surface area contributed by atoms with Crippen LogP contribution in [0.4, 0.5) is 11.4 Å². The summed E-state index contributed by atoms with van der Waals surface area (Å²) >= 11 is 2.38. The molecular weight excluding hydrogens is 311 g/mol. The predicted molar refractivity (Wildman–Crippen MR) is 77.2 cm³/mol. The molecule has 0 aliphatic carbocycles. The lowest BCUT2D eigenvalue weighted by molar-refractivity contribution is 0.351. The molecule has 0 aromatic heterocycles. The molecule has 2 aliphatic heterocycles. The number of halogens is 1. The lowest BCUT2D eigenvalue weighted by Gasteiger charge is -2.45. The Morgan fingerprint density at radius 3 is 3.19 bits per heavy atom. The number of nitrogens with zero attached hydrogens (tertiary/aromatic N) is 1. The number of benzene rings is 1. The van der Waals surface area contributed by atoms with E-state index in [1.54, 1.807) is 0 Å². The Hall–Kier alpha value is -0.450. The number of anilines is 2. The van der Waals surface area contributed by atoms with Crippen molar-refractivity contribution in [2.45, 2.75) is 25.8 Å². The number of fused-ring (bicyclic) bond motifs is 3. The third-order valence-corrected chi connectivity index (χ3v) is 4.56. The van der Waals surface area contributed by atoms with Gasteiger partial charge in [-0.2, -0.15) is 0 Å². The molecule has 0 spiro atoms. The molecule has 3 heteroatoms. The van der Waals surface area contributed by atoms with Crippen molar-refractivity contribution in [1.82, 2.24) is 0 Å². The van der Waals surface area contributed by atoms with Gasteiger partial charge >= 0.3 is 0 Å². The van der Waals surface area contributed by atoms with Crippen molar-refractivity contribution < 1.29 is 0 Å². The van der Waals surface area contributed by atoms with E-state index >= 15 is 0 Å². The van der Waals surface area contributed by atoms with Gasteiger partial charge in [-0.15, -0.1) is 0 Å². The zero-order valence-corrected chi connectivity index (χ0v) is 11.7. The van der Waals surface area contributed by atoms with Gasteiger partial charge in [0, 0.05) is 22.7 Å². The molecule has 1 aromatic rings. The van der Waals surface area contributed by atoms with Crippen molar-refractivity contribution in [3.8, 4) is 0 Å². The molecule has 1 N–H and O–H groups in total. The van der Waals surface area contributed by atoms with Crippen LogP contribution in [-0.4, -0.2) is 19.1 Å². The van der Waals surface area contributed by atoms with E-state index < -0.39 is 0 Å². The molecule has 2 unspecified atom stereocenters. The first-order chi connectivity index (χ1) is 7.75. The molecule has 0 bridgehead atoms. The Bertz CT molecular complexity index is 405. The zero-order chi connectivity index (χ0) is 11.1. The average molecular weight is 328 g/mol. The van der Waals surface area contributed by atoms with Crippen LogP contribution in [0, 0.1) is 9.49 Å². The monoisotopic (exact) mass is 328 g/mol. The van der Waals surface area contributed by atoms with Crippen LogP contribution in [0.25, 0.3) is 0 Å². The van der Waals surface area contributed by atoms with Crippen molar-refractivity contribution in [1.29, 1.82) is 0 Å². The molecule has 2 aliphatic rings. The molecule has 2 heterocycles. The Balaban J connectivity index is 1.99. The molecule has 0 radical (unpaired) electrons. The highest BCUT2D eigenvalue weighted by Gasteiger charge is 2.32. The van der Waals surface area contributed by atoms with Crippen LogP contribution >= 0.6 is 22.6 Å². The summed E-state index contributed by atoms with van der Waals surface area (Å²) < 4.78 is 1.31. The van der Waals surface area contributed by atoms with Crippen LogP contribution in [0.1, 0.15) is 19.8 Å². The summed E-state index contributed by atoms with van der Waals surface area (Å²) in [7, 11) is 0. The lowest BCUT2D eigenvalue weighted by atomic mass is 9.88. The number of piperidine rings is 1. The van der Waals surface area contributed by atoms with Gasteiger partial charge in [-0.05, 0) is 59.5 Å². The quantitative estimate of drug-likeness (QED) is 0.735. The summed E-state index contributed by atoms with van der Waals surface area (Å²) in [6.45, 7) is 4.72. The fraction of sp³-hybridized carbons (Fsp3) is 0.538. The highest BCUT2D eigenvalue weighted by atomic mass is 127. The molecule has 2 nitrogen and oxygen atoms in total. The van der Waals surface area contributed by atoms with Crippen molar-refractivity contribution in [2.75, 3.05) is 23.3 Å². The minimum Gasteiger partial charge on any atom is -0.381 e. The molecular formula is C13H17IN2. The van der Waals surface area contributed by atoms with E-state index in [9.17, 15) is 0 Å². The molecule has 1 aromatic carbocycles. The van der Waals surface area contributed by atoms with Crippen LogP contribution in [0.15, 0.2) is 18.2 Å².